The second-order valence-corrected chi connectivity index (χ2v) is 5.11. The summed E-state index contributed by atoms with van der Waals surface area (Å²) in [5.74, 6) is 0.349. The Morgan fingerprint density at radius 2 is 1.85 bits per heavy atom. The topological polar surface area (TPSA) is 35.5 Å². The van der Waals surface area contributed by atoms with Gasteiger partial charge in [-0.1, -0.05) is 45.7 Å². The average Bonchev–Trinajstić information content (AvgIpc) is 2.47. The summed E-state index contributed by atoms with van der Waals surface area (Å²) in [6.45, 7) is 0.470. The lowest BCUT2D eigenvalue weighted by Gasteiger charge is -2.11. The molecule has 3 nitrogen and oxygen atoms in total. The molecular weight excluding hydrogens is 344 g/mol. The zero-order valence-corrected chi connectivity index (χ0v) is 12.9. The third-order valence-corrected chi connectivity index (χ3v) is 3.01. The molecule has 0 fully saturated rings. The summed E-state index contributed by atoms with van der Waals surface area (Å²) >= 11 is 9.20. The molecule has 0 bridgehead atoms. The fraction of sp³-hybridized carbons (Fsp3) is 0.133. The summed E-state index contributed by atoms with van der Waals surface area (Å²) < 4.78 is 10.8. The van der Waals surface area contributed by atoms with Crippen LogP contribution < -0.4 is 9.47 Å². The van der Waals surface area contributed by atoms with Crippen LogP contribution in [0.25, 0.3) is 0 Å². The molecule has 0 aromatic heterocycles. The number of carbonyl (C=O) groups excluding carboxylic acids is 1. The number of alkyl halides is 1. The monoisotopic (exact) mass is 354 g/mol. The van der Waals surface area contributed by atoms with Crippen LogP contribution in [0.4, 0.5) is 0 Å². The van der Waals surface area contributed by atoms with E-state index in [1.165, 1.54) is 0 Å². The smallest absolute Gasteiger partial charge is 0.343 e. The zero-order valence-electron chi connectivity index (χ0n) is 10.5. The van der Waals surface area contributed by atoms with E-state index in [2.05, 4.69) is 15.9 Å². The Kier molecular flexibility index (Phi) is 5.44. The van der Waals surface area contributed by atoms with Crippen LogP contribution in [0.15, 0.2) is 48.5 Å². The SMILES string of the molecule is O=C(Oc1cc(Cl)ccc1OCCBr)c1ccccc1. The second kappa shape index (κ2) is 7.31. The molecule has 0 atom stereocenters. The lowest BCUT2D eigenvalue weighted by Crippen LogP contribution is -2.10. The summed E-state index contributed by atoms with van der Waals surface area (Å²) in [6, 6.07) is 13.7. The fourth-order valence-corrected chi connectivity index (χ4v) is 1.89. The van der Waals surface area contributed by atoms with Crippen molar-refractivity contribution in [2.75, 3.05) is 11.9 Å². The van der Waals surface area contributed by atoms with Crippen LogP contribution in [0.5, 0.6) is 11.5 Å². The molecule has 2 rings (SSSR count). The highest BCUT2D eigenvalue weighted by molar-refractivity contribution is 9.09. The van der Waals surface area contributed by atoms with Crippen molar-refractivity contribution in [1.29, 1.82) is 0 Å². The quantitative estimate of drug-likeness (QED) is 0.455. The molecule has 0 aliphatic heterocycles. The van der Waals surface area contributed by atoms with Crippen molar-refractivity contribution < 1.29 is 14.3 Å². The average molecular weight is 356 g/mol. The highest BCUT2D eigenvalue weighted by Gasteiger charge is 2.13. The van der Waals surface area contributed by atoms with E-state index < -0.39 is 5.97 Å². The molecule has 0 saturated heterocycles. The summed E-state index contributed by atoms with van der Waals surface area (Å²) in [5, 5.41) is 1.16. The van der Waals surface area contributed by atoms with E-state index >= 15 is 0 Å². The minimum Gasteiger partial charge on any atom is -0.489 e. The van der Waals surface area contributed by atoms with Gasteiger partial charge in [0.1, 0.15) is 0 Å². The largest absolute Gasteiger partial charge is 0.489 e. The van der Waals surface area contributed by atoms with E-state index in [0.717, 1.165) is 0 Å². The molecule has 0 N–H and O–H groups in total. The van der Waals surface area contributed by atoms with Crippen molar-refractivity contribution in [1.82, 2.24) is 0 Å². The number of esters is 1. The number of hydrogen-bond acceptors (Lipinski definition) is 3. The Balaban J connectivity index is 2.19. The summed E-state index contributed by atoms with van der Waals surface area (Å²) in [4.78, 5) is 12.0. The first-order valence-electron chi connectivity index (χ1n) is 5.96. The van der Waals surface area contributed by atoms with Gasteiger partial charge in [0.2, 0.25) is 0 Å². The number of rotatable bonds is 5. The van der Waals surface area contributed by atoms with Gasteiger partial charge in [0.15, 0.2) is 11.5 Å². The van der Waals surface area contributed by atoms with Crippen LogP contribution in [0.1, 0.15) is 10.4 Å². The molecule has 5 heteroatoms. The molecule has 0 heterocycles. The van der Waals surface area contributed by atoms with Gasteiger partial charge in [-0.05, 0) is 24.3 Å². The molecule has 0 amide bonds. The van der Waals surface area contributed by atoms with Crippen molar-refractivity contribution in [3.8, 4) is 11.5 Å². The van der Waals surface area contributed by atoms with Gasteiger partial charge in [0.05, 0.1) is 12.2 Å². The lowest BCUT2D eigenvalue weighted by atomic mass is 10.2. The zero-order chi connectivity index (χ0) is 14.4. The Morgan fingerprint density at radius 3 is 2.55 bits per heavy atom. The van der Waals surface area contributed by atoms with Crippen LogP contribution in [0, 0.1) is 0 Å². The van der Waals surface area contributed by atoms with Gasteiger partial charge in [-0.2, -0.15) is 0 Å². The predicted octanol–water partition coefficient (Wildman–Crippen LogP) is 4.33. The van der Waals surface area contributed by atoms with E-state index in [1.807, 2.05) is 6.07 Å². The van der Waals surface area contributed by atoms with Crippen molar-refractivity contribution in [2.45, 2.75) is 0 Å². The first kappa shape index (κ1) is 14.9. The highest BCUT2D eigenvalue weighted by Crippen LogP contribution is 2.31. The van der Waals surface area contributed by atoms with Crippen LogP contribution >= 0.6 is 27.5 Å². The molecule has 0 aliphatic carbocycles. The lowest BCUT2D eigenvalue weighted by molar-refractivity contribution is 0.0728. The molecule has 20 heavy (non-hydrogen) atoms. The van der Waals surface area contributed by atoms with Gasteiger partial charge in [-0.15, -0.1) is 0 Å². The van der Waals surface area contributed by atoms with Gasteiger partial charge < -0.3 is 9.47 Å². The third kappa shape index (κ3) is 3.99. The molecule has 2 aromatic rings. The molecule has 0 saturated carbocycles. The second-order valence-electron chi connectivity index (χ2n) is 3.88. The van der Waals surface area contributed by atoms with Crippen LogP contribution in [0.2, 0.25) is 5.02 Å². The van der Waals surface area contributed by atoms with Gasteiger partial charge >= 0.3 is 5.97 Å². The first-order chi connectivity index (χ1) is 9.70. The van der Waals surface area contributed by atoms with Gasteiger partial charge in [0.25, 0.3) is 0 Å². The fourth-order valence-electron chi connectivity index (χ4n) is 1.56. The molecule has 0 radical (unpaired) electrons. The van der Waals surface area contributed by atoms with Crippen LogP contribution in [-0.2, 0) is 0 Å². The number of ether oxygens (including phenoxy) is 2. The third-order valence-electron chi connectivity index (χ3n) is 2.45. The maximum atomic E-state index is 12.0. The first-order valence-corrected chi connectivity index (χ1v) is 7.46. The van der Waals surface area contributed by atoms with E-state index in [9.17, 15) is 4.79 Å². The standard InChI is InChI=1S/C15H12BrClO3/c16-8-9-19-13-7-6-12(17)10-14(13)20-15(18)11-4-2-1-3-5-11/h1-7,10H,8-9H2. The molecule has 2 aromatic carbocycles. The van der Waals surface area contributed by atoms with Crippen LogP contribution in [0.3, 0.4) is 0 Å². The van der Waals surface area contributed by atoms with E-state index in [1.54, 1.807) is 42.5 Å². The van der Waals surface area contributed by atoms with Crippen molar-refractivity contribution in [3.63, 3.8) is 0 Å². The van der Waals surface area contributed by atoms with E-state index in [4.69, 9.17) is 21.1 Å². The Labute approximate surface area is 130 Å². The maximum absolute atomic E-state index is 12.0. The number of benzene rings is 2. The Morgan fingerprint density at radius 1 is 1.10 bits per heavy atom. The molecule has 0 aliphatic rings. The summed E-state index contributed by atoms with van der Waals surface area (Å²) in [5.41, 5.74) is 0.471. The highest BCUT2D eigenvalue weighted by atomic mass is 79.9. The molecule has 0 unspecified atom stereocenters. The minimum absolute atomic E-state index is 0.312. The number of halogens is 2. The van der Waals surface area contributed by atoms with Crippen LogP contribution in [-0.4, -0.2) is 17.9 Å². The summed E-state index contributed by atoms with van der Waals surface area (Å²) in [7, 11) is 0. The Bertz CT molecular complexity index is 587. The van der Waals surface area contributed by atoms with E-state index in [0.29, 0.717) is 34.0 Å². The number of hydrogen-bond donors (Lipinski definition) is 0. The Hall–Kier alpha value is -1.52. The molecule has 104 valence electrons. The van der Waals surface area contributed by atoms with Gasteiger partial charge in [0, 0.05) is 16.4 Å². The normalized spacial score (nSPS) is 10.1. The summed E-state index contributed by atoms with van der Waals surface area (Å²) in [6.07, 6.45) is 0. The van der Waals surface area contributed by atoms with Crippen molar-refractivity contribution in [3.05, 3.63) is 59.1 Å². The van der Waals surface area contributed by atoms with E-state index in [-0.39, 0.29) is 0 Å². The molecule has 0 spiro atoms. The predicted molar refractivity (Wildman–Crippen MR) is 82.1 cm³/mol. The number of carbonyl (C=O) groups is 1. The van der Waals surface area contributed by atoms with Crippen molar-refractivity contribution in [2.24, 2.45) is 0 Å². The maximum Gasteiger partial charge on any atom is 0.343 e. The molecular formula is C15H12BrClO3. The van der Waals surface area contributed by atoms with Gasteiger partial charge in [-0.3, -0.25) is 0 Å². The van der Waals surface area contributed by atoms with Gasteiger partial charge in [-0.25, -0.2) is 4.79 Å². The minimum atomic E-state index is -0.448. The van der Waals surface area contributed by atoms with Crippen molar-refractivity contribution >= 4 is 33.5 Å².